The van der Waals surface area contributed by atoms with Crippen LogP contribution in [0.3, 0.4) is 0 Å². The second-order valence-electron chi connectivity index (χ2n) is 5.11. The van der Waals surface area contributed by atoms with E-state index in [1.165, 1.54) is 29.4 Å². The summed E-state index contributed by atoms with van der Waals surface area (Å²) in [7, 11) is 2.05. The molecular weight excluding hydrogens is 278 g/mol. The number of rotatable bonds is 4. The molecule has 1 saturated carbocycles. The van der Waals surface area contributed by atoms with E-state index in [0.29, 0.717) is 0 Å². The van der Waals surface area contributed by atoms with Gasteiger partial charge in [-0.15, -0.1) is 0 Å². The quantitative estimate of drug-likeness (QED) is 0.926. The molecule has 0 aliphatic heterocycles. The lowest BCUT2D eigenvalue weighted by Crippen LogP contribution is -2.26. The first kappa shape index (κ1) is 13.1. The van der Waals surface area contributed by atoms with Crippen molar-refractivity contribution in [2.24, 2.45) is 13.0 Å². The molecule has 1 N–H and O–H groups in total. The van der Waals surface area contributed by atoms with Gasteiger partial charge in [0.15, 0.2) is 0 Å². The highest BCUT2D eigenvalue weighted by atomic mass is 79.9. The first-order valence-corrected chi connectivity index (χ1v) is 7.32. The second-order valence-corrected chi connectivity index (χ2v) is 5.90. The van der Waals surface area contributed by atoms with Crippen molar-refractivity contribution in [3.63, 3.8) is 0 Å². The Morgan fingerprint density at radius 3 is 2.82 bits per heavy atom. The van der Waals surface area contributed by atoms with E-state index in [1.54, 1.807) is 0 Å². The Kier molecular flexibility index (Phi) is 4.26. The molecule has 0 aromatic carbocycles. The first-order valence-electron chi connectivity index (χ1n) is 6.53. The summed E-state index contributed by atoms with van der Waals surface area (Å²) in [5, 5.41) is 8.02. The number of halogens is 1. The molecular formula is C13H22BrN3. The van der Waals surface area contributed by atoms with E-state index in [1.807, 2.05) is 11.7 Å². The number of aryl methyl sites for hydroxylation is 2. The van der Waals surface area contributed by atoms with Crippen LogP contribution in [0, 0.1) is 12.8 Å². The molecule has 0 radical (unpaired) electrons. The molecule has 1 aliphatic rings. The molecule has 0 saturated heterocycles. The fraction of sp³-hybridized carbons (Fsp3) is 0.769. The normalized spacial score (nSPS) is 24.5. The summed E-state index contributed by atoms with van der Waals surface area (Å²) in [5.74, 6) is 0.810. The second kappa shape index (κ2) is 5.53. The average Bonchev–Trinajstić information content (AvgIpc) is 2.81. The minimum Gasteiger partial charge on any atom is -0.314 e. The predicted molar refractivity (Wildman–Crippen MR) is 74.2 cm³/mol. The molecule has 1 fully saturated rings. The lowest BCUT2D eigenvalue weighted by molar-refractivity contribution is 0.481. The summed E-state index contributed by atoms with van der Waals surface area (Å²) in [5.41, 5.74) is 2.45. The van der Waals surface area contributed by atoms with Crippen molar-refractivity contribution in [1.29, 1.82) is 0 Å². The molecule has 1 aliphatic carbocycles. The third-order valence-corrected chi connectivity index (χ3v) is 4.81. The Labute approximate surface area is 112 Å². The number of nitrogens with one attached hydrogen (secondary N) is 1. The van der Waals surface area contributed by atoms with Crippen molar-refractivity contribution in [2.75, 3.05) is 6.54 Å². The Hall–Kier alpha value is -0.350. The highest BCUT2D eigenvalue weighted by molar-refractivity contribution is 9.10. The molecule has 1 aromatic rings. The topological polar surface area (TPSA) is 29.9 Å². The maximum Gasteiger partial charge on any atom is 0.0738 e. The molecule has 1 heterocycles. The number of hydrogen-bond donors (Lipinski definition) is 1. The summed E-state index contributed by atoms with van der Waals surface area (Å²) < 4.78 is 3.23. The van der Waals surface area contributed by atoms with Gasteiger partial charge in [0.1, 0.15) is 0 Å². The van der Waals surface area contributed by atoms with Crippen LogP contribution in [0.4, 0.5) is 0 Å². The third-order valence-electron chi connectivity index (χ3n) is 3.78. The summed E-state index contributed by atoms with van der Waals surface area (Å²) >= 11 is 3.66. The number of aromatic nitrogens is 2. The standard InChI is InChI=1S/C13H22BrN3/c1-4-15-11-6-5-10(7-11)8-12-13(14)9(2)16-17(12)3/h10-11,15H,4-8H2,1-3H3. The average molecular weight is 300 g/mol. The van der Waals surface area contributed by atoms with Crippen LogP contribution in [0.2, 0.25) is 0 Å². The van der Waals surface area contributed by atoms with Crippen LogP contribution in [0.5, 0.6) is 0 Å². The van der Waals surface area contributed by atoms with Crippen LogP contribution in [-0.2, 0) is 13.5 Å². The van der Waals surface area contributed by atoms with Gasteiger partial charge in [-0.1, -0.05) is 6.92 Å². The van der Waals surface area contributed by atoms with Gasteiger partial charge in [-0.3, -0.25) is 4.68 Å². The fourth-order valence-corrected chi connectivity index (χ4v) is 3.41. The van der Waals surface area contributed by atoms with Crippen LogP contribution in [0.25, 0.3) is 0 Å². The van der Waals surface area contributed by atoms with E-state index in [0.717, 1.165) is 30.6 Å². The highest BCUT2D eigenvalue weighted by Crippen LogP contribution is 2.31. The molecule has 4 heteroatoms. The summed E-state index contributed by atoms with van der Waals surface area (Å²) in [6.45, 7) is 5.34. The van der Waals surface area contributed by atoms with Crippen LogP contribution in [0.1, 0.15) is 37.6 Å². The fourth-order valence-electron chi connectivity index (χ4n) is 2.91. The monoisotopic (exact) mass is 299 g/mol. The SMILES string of the molecule is CCNC1CCC(Cc2c(Br)c(C)nn2C)C1. The van der Waals surface area contributed by atoms with Gasteiger partial charge in [-0.25, -0.2) is 0 Å². The van der Waals surface area contributed by atoms with E-state index in [2.05, 4.69) is 40.2 Å². The maximum atomic E-state index is 4.46. The van der Waals surface area contributed by atoms with Crippen molar-refractivity contribution < 1.29 is 0 Å². The lowest BCUT2D eigenvalue weighted by atomic mass is 10.0. The van der Waals surface area contributed by atoms with E-state index < -0.39 is 0 Å². The largest absolute Gasteiger partial charge is 0.314 e. The minimum absolute atomic E-state index is 0.734. The van der Waals surface area contributed by atoms with Gasteiger partial charge < -0.3 is 5.32 Å². The Bertz CT molecular complexity index is 386. The summed E-state index contributed by atoms with van der Waals surface area (Å²) in [4.78, 5) is 0. The van der Waals surface area contributed by atoms with Gasteiger partial charge in [-0.2, -0.15) is 5.10 Å². The van der Waals surface area contributed by atoms with Crippen molar-refractivity contribution >= 4 is 15.9 Å². The third kappa shape index (κ3) is 2.91. The predicted octanol–water partition coefficient (Wildman–Crippen LogP) is 2.81. The first-order chi connectivity index (χ1) is 8.11. The minimum atomic E-state index is 0.734. The van der Waals surface area contributed by atoms with Gasteiger partial charge >= 0.3 is 0 Å². The summed E-state index contributed by atoms with van der Waals surface area (Å²) in [6, 6.07) is 0.734. The molecule has 17 heavy (non-hydrogen) atoms. The van der Waals surface area contributed by atoms with E-state index in [-0.39, 0.29) is 0 Å². The van der Waals surface area contributed by atoms with Gasteiger partial charge in [0.2, 0.25) is 0 Å². The van der Waals surface area contributed by atoms with Gasteiger partial charge in [-0.05, 0) is 61.0 Å². The molecule has 2 atom stereocenters. The zero-order valence-corrected chi connectivity index (χ0v) is 12.5. The number of nitrogens with zero attached hydrogens (tertiary/aromatic N) is 2. The molecule has 3 nitrogen and oxygen atoms in total. The zero-order chi connectivity index (χ0) is 12.4. The van der Waals surface area contributed by atoms with Crippen molar-refractivity contribution in [3.05, 3.63) is 15.9 Å². The van der Waals surface area contributed by atoms with Crippen LogP contribution in [0.15, 0.2) is 4.47 Å². The van der Waals surface area contributed by atoms with Crippen LogP contribution >= 0.6 is 15.9 Å². The number of hydrogen-bond acceptors (Lipinski definition) is 2. The molecule has 96 valence electrons. The van der Waals surface area contributed by atoms with Gasteiger partial charge in [0.05, 0.1) is 15.9 Å². The van der Waals surface area contributed by atoms with E-state index >= 15 is 0 Å². The van der Waals surface area contributed by atoms with Crippen molar-refractivity contribution in [1.82, 2.24) is 15.1 Å². The molecule has 1 aromatic heterocycles. The smallest absolute Gasteiger partial charge is 0.0738 e. The Morgan fingerprint density at radius 2 is 2.24 bits per heavy atom. The molecule has 0 spiro atoms. The molecule has 0 amide bonds. The zero-order valence-electron chi connectivity index (χ0n) is 11.0. The van der Waals surface area contributed by atoms with Gasteiger partial charge in [0, 0.05) is 13.1 Å². The van der Waals surface area contributed by atoms with Crippen molar-refractivity contribution in [3.8, 4) is 0 Å². The lowest BCUT2D eigenvalue weighted by Gasteiger charge is -2.12. The highest BCUT2D eigenvalue weighted by Gasteiger charge is 2.26. The summed E-state index contributed by atoms with van der Waals surface area (Å²) in [6.07, 6.45) is 5.13. The Balaban J connectivity index is 1.98. The van der Waals surface area contributed by atoms with Crippen LogP contribution < -0.4 is 5.32 Å². The molecule has 2 rings (SSSR count). The van der Waals surface area contributed by atoms with E-state index in [9.17, 15) is 0 Å². The molecule has 2 unspecified atom stereocenters. The van der Waals surface area contributed by atoms with Gasteiger partial charge in [0.25, 0.3) is 0 Å². The van der Waals surface area contributed by atoms with Crippen molar-refractivity contribution in [2.45, 2.75) is 45.6 Å². The van der Waals surface area contributed by atoms with E-state index in [4.69, 9.17) is 0 Å². The maximum absolute atomic E-state index is 4.46. The molecule has 0 bridgehead atoms. The van der Waals surface area contributed by atoms with Crippen LogP contribution in [-0.4, -0.2) is 22.4 Å². The Morgan fingerprint density at radius 1 is 1.47 bits per heavy atom.